The Balaban J connectivity index is 2.09. The van der Waals surface area contributed by atoms with E-state index in [0.717, 1.165) is 43.3 Å². The molecule has 1 atom stereocenters. The molecule has 2 rings (SSSR count). The van der Waals surface area contributed by atoms with Crippen LogP contribution in [0.4, 0.5) is 0 Å². The van der Waals surface area contributed by atoms with Gasteiger partial charge in [0.05, 0.1) is 18.4 Å². The van der Waals surface area contributed by atoms with Gasteiger partial charge in [-0.15, -0.1) is 0 Å². The number of ether oxygens (including phenoxy) is 1. The summed E-state index contributed by atoms with van der Waals surface area (Å²) >= 11 is 0. The van der Waals surface area contributed by atoms with Crippen molar-refractivity contribution in [3.05, 3.63) is 47.2 Å². The first-order valence-corrected chi connectivity index (χ1v) is 8.68. The molecule has 132 valence electrons. The second-order valence-corrected chi connectivity index (χ2v) is 5.98. The number of rotatable bonds is 9. The molecule has 0 spiro atoms. The van der Waals surface area contributed by atoms with E-state index in [-0.39, 0.29) is 0 Å². The number of methoxy groups -OCH3 is 1. The van der Waals surface area contributed by atoms with Crippen LogP contribution in [0.15, 0.2) is 30.3 Å². The normalized spacial score (nSPS) is 12.6. The van der Waals surface area contributed by atoms with Gasteiger partial charge in [-0.1, -0.05) is 44.2 Å². The highest BCUT2D eigenvalue weighted by Crippen LogP contribution is 2.22. The van der Waals surface area contributed by atoms with Crippen molar-refractivity contribution in [1.29, 1.82) is 0 Å². The molecule has 1 aromatic heterocycles. The lowest BCUT2D eigenvalue weighted by molar-refractivity contribution is 0.213. The Morgan fingerprint density at radius 2 is 1.88 bits per heavy atom. The number of nitrogens with one attached hydrogen (secondary N) is 1. The lowest BCUT2D eigenvalue weighted by atomic mass is 10.0. The molecule has 0 bridgehead atoms. The molecule has 1 N–H and O–H groups in total. The van der Waals surface area contributed by atoms with Crippen molar-refractivity contribution in [3.8, 4) is 5.88 Å². The fourth-order valence-electron chi connectivity index (χ4n) is 3.27. The number of aromatic nitrogens is 2. The molecule has 0 aliphatic carbocycles. The predicted octanol–water partition coefficient (Wildman–Crippen LogP) is 2.91. The van der Waals surface area contributed by atoms with Gasteiger partial charge in [0.1, 0.15) is 0 Å². The summed E-state index contributed by atoms with van der Waals surface area (Å²) in [5.41, 5.74) is 3.50. The topological polar surface area (TPSA) is 42.3 Å². The predicted molar refractivity (Wildman–Crippen MR) is 98.3 cm³/mol. The molecule has 0 saturated heterocycles. The molecular weight excluding hydrogens is 300 g/mol. The Kier molecular flexibility index (Phi) is 6.82. The molecule has 2 aromatic rings. The van der Waals surface area contributed by atoms with Crippen LogP contribution in [0.1, 0.15) is 36.7 Å². The number of aryl methyl sites for hydroxylation is 2. The quantitative estimate of drug-likeness (QED) is 0.768. The minimum absolute atomic E-state index is 0.365. The van der Waals surface area contributed by atoms with Gasteiger partial charge in [-0.05, 0) is 25.6 Å². The lowest BCUT2D eigenvalue weighted by Crippen LogP contribution is -2.35. The second-order valence-electron chi connectivity index (χ2n) is 5.98. The number of likely N-dealkylation sites (N-methyl/N-ethyl adjacent to an activating group) is 1. The highest BCUT2D eigenvalue weighted by atomic mass is 16.5. The van der Waals surface area contributed by atoms with Crippen molar-refractivity contribution in [3.63, 3.8) is 0 Å². The van der Waals surface area contributed by atoms with Crippen molar-refractivity contribution in [2.24, 2.45) is 7.05 Å². The third-order valence-electron chi connectivity index (χ3n) is 4.56. The van der Waals surface area contributed by atoms with Crippen LogP contribution in [0.5, 0.6) is 5.88 Å². The largest absolute Gasteiger partial charge is 0.481 e. The molecule has 1 heterocycles. The zero-order chi connectivity index (χ0) is 17.5. The summed E-state index contributed by atoms with van der Waals surface area (Å²) in [6.45, 7) is 10.2. The summed E-state index contributed by atoms with van der Waals surface area (Å²) in [7, 11) is 3.61. The van der Waals surface area contributed by atoms with Gasteiger partial charge in [0.25, 0.3) is 0 Å². The van der Waals surface area contributed by atoms with Crippen LogP contribution < -0.4 is 10.1 Å². The molecule has 5 nitrogen and oxygen atoms in total. The Labute approximate surface area is 145 Å². The third kappa shape index (κ3) is 4.16. The van der Waals surface area contributed by atoms with Crippen LogP contribution in [0.3, 0.4) is 0 Å². The van der Waals surface area contributed by atoms with Gasteiger partial charge < -0.3 is 10.1 Å². The van der Waals surface area contributed by atoms with E-state index in [9.17, 15) is 0 Å². The first kappa shape index (κ1) is 18.5. The summed E-state index contributed by atoms with van der Waals surface area (Å²) < 4.78 is 7.28. The SMILES string of the molecule is CCN(CC)C(CNCc1c(C)nn(C)c1OC)c1ccccc1. The van der Waals surface area contributed by atoms with Gasteiger partial charge in [0, 0.05) is 26.2 Å². The maximum atomic E-state index is 5.48. The maximum absolute atomic E-state index is 5.48. The van der Waals surface area contributed by atoms with Crippen LogP contribution >= 0.6 is 0 Å². The Hall–Kier alpha value is -1.85. The van der Waals surface area contributed by atoms with Crippen molar-refractivity contribution in [1.82, 2.24) is 20.0 Å². The van der Waals surface area contributed by atoms with E-state index in [1.165, 1.54) is 5.56 Å². The van der Waals surface area contributed by atoms with E-state index in [4.69, 9.17) is 4.74 Å². The highest BCUT2D eigenvalue weighted by molar-refractivity contribution is 5.30. The van der Waals surface area contributed by atoms with Crippen molar-refractivity contribution in [2.45, 2.75) is 33.4 Å². The summed E-state index contributed by atoms with van der Waals surface area (Å²) in [5, 5.41) is 8.05. The van der Waals surface area contributed by atoms with Gasteiger partial charge in [-0.25, -0.2) is 4.68 Å². The average molecular weight is 330 g/mol. The molecule has 0 aliphatic heterocycles. The van der Waals surface area contributed by atoms with Gasteiger partial charge in [-0.3, -0.25) is 4.90 Å². The van der Waals surface area contributed by atoms with Crippen LogP contribution in [-0.2, 0) is 13.6 Å². The minimum atomic E-state index is 0.365. The molecule has 0 aliphatic rings. The molecule has 0 radical (unpaired) electrons. The zero-order valence-corrected chi connectivity index (χ0v) is 15.5. The first-order chi connectivity index (χ1) is 11.6. The maximum Gasteiger partial charge on any atom is 0.216 e. The van der Waals surface area contributed by atoms with Crippen LogP contribution in [0, 0.1) is 6.92 Å². The van der Waals surface area contributed by atoms with E-state index in [2.05, 4.69) is 59.5 Å². The molecule has 0 saturated carbocycles. The summed E-state index contributed by atoms with van der Waals surface area (Å²) in [6, 6.07) is 11.1. The molecule has 24 heavy (non-hydrogen) atoms. The standard InChI is InChI=1S/C19H30N4O/c1-6-23(7-2)18(16-11-9-8-10-12-16)14-20-13-17-15(3)21-22(4)19(17)24-5/h8-12,18,20H,6-7,13-14H2,1-5H3. The molecule has 0 amide bonds. The summed E-state index contributed by atoms with van der Waals surface area (Å²) in [5.74, 6) is 0.833. The Bertz CT molecular complexity index is 620. The van der Waals surface area contributed by atoms with E-state index in [0.29, 0.717) is 6.04 Å². The Morgan fingerprint density at radius 1 is 1.21 bits per heavy atom. The average Bonchev–Trinajstić information content (AvgIpc) is 2.88. The van der Waals surface area contributed by atoms with Crippen molar-refractivity contribution in [2.75, 3.05) is 26.7 Å². The van der Waals surface area contributed by atoms with E-state index >= 15 is 0 Å². The minimum Gasteiger partial charge on any atom is -0.481 e. The zero-order valence-electron chi connectivity index (χ0n) is 15.5. The molecule has 0 fully saturated rings. The van der Waals surface area contributed by atoms with E-state index in [1.54, 1.807) is 11.8 Å². The van der Waals surface area contributed by atoms with Crippen LogP contribution in [0.2, 0.25) is 0 Å². The summed E-state index contributed by atoms with van der Waals surface area (Å²) in [6.07, 6.45) is 0. The first-order valence-electron chi connectivity index (χ1n) is 8.68. The smallest absolute Gasteiger partial charge is 0.216 e. The van der Waals surface area contributed by atoms with Crippen molar-refractivity contribution < 1.29 is 4.74 Å². The van der Waals surface area contributed by atoms with Crippen LogP contribution in [-0.4, -0.2) is 41.4 Å². The number of hydrogen-bond donors (Lipinski definition) is 1. The molecule has 1 unspecified atom stereocenters. The van der Waals surface area contributed by atoms with E-state index in [1.807, 2.05) is 14.0 Å². The van der Waals surface area contributed by atoms with Crippen molar-refractivity contribution >= 4 is 0 Å². The number of nitrogens with zero attached hydrogens (tertiary/aromatic N) is 3. The Morgan fingerprint density at radius 3 is 2.46 bits per heavy atom. The monoisotopic (exact) mass is 330 g/mol. The van der Waals surface area contributed by atoms with Gasteiger partial charge in [0.2, 0.25) is 5.88 Å². The summed E-state index contributed by atoms with van der Waals surface area (Å²) in [4.78, 5) is 2.48. The molecule has 5 heteroatoms. The third-order valence-corrected chi connectivity index (χ3v) is 4.56. The second kappa shape index (κ2) is 8.85. The van der Waals surface area contributed by atoms with Gasteiger partial charge in [0.15, 0.2) is 0 Å². The fraction of sp³-hybridized carbons (Fsp3) is 0.526. The molecular formula is C19H30N4O. The van der Waals surface area contributed by atoms with Crippen LogP contribution in [0.25, 0.3) is 0 Å². The lowest BCUT2D eigenvalue weighted by Gasteiger charge is -2.30. The van der Waals surface area contributed by atoms with Gasteiger partial charge >= 0.3 is 0 Å². The number of hydrogen-bond acceptors (Lipinski definition) is 4. The molecule has 1 aromatic carbocycles. The van der Waals surface area contributed by atoms with E-state index < -0.39 is 0 Å². The number of benzene rings is 1. The van der Waals surface area contributed by atoms with Gasteiger partial charge in [-0.2, -0.15) is 5.10 Å². The highest BCUT2D eigenvalue weighted by Gasteiger charge is 2.19. The fourth-order valence-corrected chi connectivity index (χ4v) is 3.27.